The van der Waals surface area contributed by atoms with Gasteiger partial charge in [0, 0.05) is 10.8 Å². The van der Waals surface area contributed by atoms with Gasteiger partial charge in [-0.25, -0.2) is 0 Å². The number of fused-ring (bicyclic) bond motifs is 7. The first kappa shape index (κ1) is 36.9. The standard InChI is InChI=1S/C40H62O8/c1-25(2)26-16-21-40(24-47-33(43)14-12-31(41)45-8)23-22-38(6)27(35(26)40)10-11-29-37(5)19-18-30(48-34(44)15-13-32(42)46-9)36(3,4)28(37)17-20-39(29,38)7/h26-30,35H,1,10-24H2,2-9H3/t26?,27?,28?,29?,30?,35?,37-,38+,39+,40?/m0/s1. The van der Waals surface area contributed by atoms with Crippen LogP contribution in [-0.4, -0.2) is 50.8 Å². The Bertz CT molecular complexity index is 1290. The summed E-state index contributed by atoms with van der Waals surface area (Å²) in [6, 6.07) is 0. The first-order valence-corrected chi connectivity index (χ1v) is 18.6. The molecular formula is C40H62O8. The van der Waals surface area contributed by atoms with E-state index in [1.54, 1.807) is 0 Å². The van der Waals surface area contributed by atoms with E-state index in [1.807, 2.05) is 0 Å². The zero-order chi connectivity index (χ0) is 35.3. The van der Waals surface area contributed by atoms with Gasteiger partial charge in [-0.15, -0.1) is 0 Å². The number of esters is 4. The lowest BCUT2D eigenvalue weighted by Crippen LogP contribution is -2.67. The lowest BCUT2D eigenvalue weighted by molar-refractivity contribution is -0.252. The fourth-order valence-electron chi connectivity index (χ4n) is 12.8. The minimum absolute atomic E-state index is 0.0448. The van der Waals surface area contributed by atoms with E-state index in [1.165, 1.54) is 32.6 Å². The molecule has 0 aromatic rings. The zero-order valence-electron chi connectivity index (χ0n) is 31.0. The fourth-order valence-corrected chi connectivity index (χ4v) is 12.8. The normalized spacial score (nSPS) is 41.0. The molecule has 8 heteroatoms. The SMILES string of the molecule is C=C(C)C1CCC2(COC(=O)CCC(=O)OC)CC[C@]3(C)C(CCC4[C@@]5(C)CCC(OC(=O)CCC(=O)OC)C(C)(C)C5CC[C@]43C)C12. The van der Waals surface area contributed by atoms with Crippen molar-refractivity contribution in [1.29, 1.82) is 0 Å². The summed E-state index contributed by atoms with van der Waals surface area (Å²) >= 11 is 0. The third kappa shape index (κ3) is 6.03. The number of allylic oxidation sites excluding steroid dienone is 1. The molecule has 0 aliphatic heterocycles. The van der Waals surface area contributed by atoms with Crippen molar-refractivity contribution in [3.05, 3.63) is 12.2 Å². The Morgan fingerprint density at radius 2 is 1.29 bits per heavy atom. The molecule has 0 aromatic heterocycles. The van der Waals surface area contributed by atoms with Gasteiger partial charge in [0.2, 0.25) is 0 Å². The Hall–Kier alpha value is -2.38. The highest BCUT2D eigenvalue weighted by Gasteiger charge is 2.71. The van der Waals surface area contributed by atoms with E-state index in [0.29, 0.717) is 36.2 Å². The van der Waals surface area contributed by atoms with Crippen LogP contribution in [0, 0.1) is 56.7 Å². The molecule has 0 N–H and O–H groups in total. The molecule has 5 aliphatic carbocycles. The van der Waals surface area contributed by atoms with Gasteiger partial charge < -0.3 is 18.9 Å². The molecule has 0 radical (unpaired) electrons. The van der Waals surface area contributed by atoms with Crippen LogP contribution in [0.5, 0.6) is 0 Å². The molecule has 0 spiro atoms. The predicted molar refractivity (Wildman–Crippen MR) is 182 cm³/mol. The van der Waals surface area contributed by atoms with Gasteiger partial charge >= 0.3 is 23.9 Å². The van der Waals surface area contributed by atoms with Gasteiger partial charge in [0.05, 0.1) is 46.5 Å². The maximum atomic E-state index is 12.8. The Kier molecular flexibility index (Phi) is 10.3. The molecule has 0 aromatic carbocycles. The monoisotopic (exact) mass is 670 g/mol. The van der Waals surface area contributed by atoms with E-state index >= 15 is 0 Å². The van der Waals surface area contributed by atoms with Gasteiger partial charge in [-0.2, -0.15) is 0 Å². The van der Waals surface area contributed by atoms with E-state index in [2.05, 4.69) is 48.1 Å². The van der Waals surface area contributed by atoms with Crippen molar-refractivity contribution in [3.63, 3.8) is 0 Å². The summed E-state index contributed by atoms with van der Waals surface area (Å²) in [5.74, 6) is 1.02. The Morgan fingerprint density at radius 1 is 0.667 bits per heavy atom. The molecule has 10 atom stereocenters. The quantitative estimate of drug-likeness (QED) is 0.131. The predicted octanol–water partition coefficient (Wildman–Crippen LogP) is 8.01. The molecule has 0 saturated heterocycles. The first-order chi connectivity index (χ1) is 22.5. The third-order valence-corrected chi connectivity index (χ3v) is 15.5. The number of carbonyl (C=O) groups excluding carboxylic acids is 4. The molecule has 270 valence electrons. The average Bonchev–Trinajstić information content (AvgIpc) is 3.43. The van der Waals surface area contributed by atoms with Crippen molar-refractivity contribution < 1.29 is 38.1 Å². The minimum atomic E-state index is -0.387. The second-order valence-corrected chi connectivity index (χ2v) is 17.7. The lowest BCUT2D eigenvalue weighted by Gasteiger charge is -2.73. The fraction of sp³-hybridized carbons (Fsp3) is 0.850. The second kappa shape index (κ2) is 13.4. The molecule has 5 fully saturated rings. The Labute approximate surface area is 288 Å². The lowest BCUT2D eigenvalue weighted by atomic mass is 9.32. The largest absolute Gasteiger partial charge is 0.469 e. The third-order valence-electron chi connectivity index (χ3n) is 15.5. The number of hydrogen-bond acceptors (Lipinski definition) is 8. The summed E-state index contributed by atoms with van der Waals surface area (Å²) in [4.78, 5) is 48.9. The van der Waals surface area contributed by atoms with Crippen LogP contribution in [0.2, 0.25) is 0 Å². The van der Waals surface area contributed by atoms with Crippen LogP contribution >= 0.6 is 0 Å². The van der Waals surface area contributed by atoms with Crippen LogP contribution in [0.25, 0.3) is 0 Å². The Morgan fingerprint density at radius 3 is 1.92 bits per heavy atom. The van der Waals surface area contributed by atoms with Crippen molar-refractivity contribution in [1.82, 2.24) is 0 Å². The number of ether oxygens (including phenoxy) is 4. The molecule has 5 rings (SSSR count). The van der Waals surface area contributed by atoms with Crippen LogP contribution < -0.4 is 0 Å². The number of methoxy groups -OCH3 is 2. The van der Waals surface area contributed by atoms with Crippen molar-refractivity contribution >= 4 is 23.9 Å². The topological polar surface area (TPSA) is 105 Å². The maximum absolute atomic E-state index is 12.8. The molecule has 0 heterocycles. The summed E-state index contributed by atoms with van der Waals surface area (Å²) < 4.78 is 21.6. The van der Waals surface area contributed by atoms with Crippen LogP contribution in [0.4, 0.5) is 0 Å². The van der Waals surface area contributed by atoms with Gasteiger partial charge in [-0.05, 0) is 117 Å². The molecule has 8 nitrogen and oxygen atoms in total. The smallest absolute Gasteiger partial charge is 0.306 e. The van der Waals surface area contributed by atoms with Gasteiger partial charge in [0.25, 0.3) is 0 Å². The van der Waals surface area contributed by atoms with Crippen LogP contribution in [0.15, 0.2) is 12.2 Å². The number of carbonyl (C=O) groups is 4. The molecular weight excluding hydrogens is 608 g/mol. The van der Waals surface area contributed by atoms with Gasteiger partial charge in [-0.3, -0.25) is 19.2 Å². The molecule has 5 saturated carbocycles. The van der Waals surface area contributed by atoms with E-state index in [9.17, 15) is 19.2 Å². The highest BCUT2D eigenvalue weighted by Crippen LogP contribution is 2.77. The van der Waals surface area contributed by atoms with Crippen LogP contribution in [0.3, 0.4) is 0 Å². The Balaban J connectivity index is 1.36. The van der Waals surface area contributed by atoms with Crippen LogP contribution in [0.1, 0.15) is 131 Å². The second-order valence-electron chi connectivity index (χ2n) is 17.7. The summed E-state index contributed by atoms with van der Waals surface area (Å²) in [5.41, 5.74) is 1.53. The molecule has 0 bridgehead atoms. The van der Waals surface area contributed by atoms with Crippen molar-refractivity contribution in [2.24, 2.45) is 56.7 Å². The zero-order valence-corrected chi connectivity index (χ0v) is 31.0. The van der Waals surface area contributed by atoms with Crippen molar-refractivity contribution in [2.45, 2.75) is 138 Å². The minimum Gasteiger partial charge on any atom is -0.469 e. The van der Waals surface area contributed by atoms with Crippen molar-refractivity contribution in [2.75, 3.05) is 20.8 Å². The number of rotatable bonds is 10. The summed E-state index contributed by atoms with van der Waals surface area (Å²) in [6.45, 7) is 19.5. The molecule has 5 aliphatic rings. The highest BCUT2D eigenvalue weighted by atomic mass is 16.5. The first-order valence-electron chi connectivity index (χ1n) is 18.6. The molecule has 7 unspecified atom stereocenters. The van der Waals surface area contributed by atoms with E-state index in [-0.39, 0.29) is 82.7 Å². The van der Waals surface area contributed by atoms with E-state index in [0.717, 1.165) is 51.4 Å². The summed E-state index contributed by atoms with van der Waals surface area (Å²) in [6.07, 6.45) is 10.9. The summed E-state index contributed by atoms with van der Waals surface area (Å²) in [5, 5.41) is 0. The maximum Gasteiger partial charge on any atom is 0.306 e. The van der Waals surface area contributed by atoms with Crippen molar-refractivity contribution in [3.8, 4) is 0 Å². The van der Waals surface area contributed by atoms with Crippen LogP contribution in [-0.2, 0) is 38.1 Å². The van der Waals surface area contributed by atoms with Gasteiger partial charge in [0.1, 0.15) is 6.10 Å². The molecule has 0 amide bonds. The van der Waals surface area contributed by atoms with E-state index in [4.69, 9.17) is 18.9 Å². The summed E-state index contributed by atoms with van der Waals surface area (Å²) in [7, 11) is 2.68. The number of hydrogen-bond donors (Lipinski definition) is 0. The van der Waals surface area contributed by atoms with Gasteiger partial charge in [0.15, 0.2) is 0 Å². The average molecular weight is 671 g/mol. The van der Waals surface area contributed by atoms with E-state index < -0.39 is 0 Å². The van der Waals surface area contributed by atoms with Gasteiger partial charge in [-0.1, -0.05) is 46.8 Å². The highest BCUT2D eigenvalue weighted by molar-refractivity contribution is 5.78. The molecule has 48 heavy (non-hydrogen) atoms.